The molecule has 0 radical (unpaired) electrons. The van der Waals surface area contributed by atoms with E-state index in [1.165, 1.54) is 22.0 Å². The molecule has 0 bridgehead atoms. The van der Waals surface area contributed by atoms with Crippen LogP contribution in [-0.2, 0) is 20.0 Å². The Morgan fingerprint density at radius 1 is 1.19 bits per heavy atom. The Balaban J connectivity index is 1.28. The Kier molecular flexibility index (Phi) is 2.81. The SMILES string of the molecule is Cn1cnc2ncn(Cc3nc([C@@H]4C5Cc6ccccc6[C@H]54)no3)c(=O)c21. The van der Waals surface area contributed by atoms with E-state index in [-0.39, 0.29) is 12.1 Å². The Hall–Kier alpha value is -3.29. The number of nitrogens with zero attached hydrogens (tertiary/aromatic N) is 6. The highest BCUT2D eigenvalue weighted by Crippen LogP contribution is 2.65. The second-order valence-corrected chi connectivity index (χ2v) is 7.37. The second-order valence-electron chi connectivity index (χ2n) is 7.37. The van der Waals surface area contributed by atoms with Crippen LogP contribution in [0, 0.1) is 5.92 Å². The van der Waals surface area contributed by atoms with Crippen LogP contribution in [0.25, 0.3) is 11.2 Å². The number of benzene rings is 1. The van der Waals surface area contributed by atoms with Crippen LogP contribution < -0.4 is 5.56 Å². The van der Waals surface area contributed by atoms with E-state index in [2.05, 4.69) is 44.4 Å². The highest BCUT2D eigenvalue weighted by molar-refractivity contribution is 5.68. The normalized spacial score (nSPS) is 22.8. The number of aromatic nitrogens is 6. The number of imidazole rings is 1. The highest BCUT2D eigenvalue weighted by Gasteiger charge is 2.58. The largest absolute Gasteiger partial charge is 0.337 e. The number of fused-ring (bicyclic) bond motifs is 4. The second kappa shape index (κ2) is 5.12. The fraction of sp³-hybridized carbons (Fsp3) is 0.316. The van der Waals surface area contributed by atoms with Crippen molar-refractivity contribution in [2.45, 2.75) is 24.8 Å². The quantitative estimate of drug-likeness (QED) is 0.551. The van der Waals surface area contributed by atoms with Gasteiger partial charge in [-0.3, -0.25) is 9.36 Å². The number of hydrogen-bond acceptors (Lipinski definition) is 6. The molecule has 1 saturated carbocycles. The highest BCUT2D eigenvalue weighted by atomic mass is 16.5. The van der Waals surface area contributed by atoms with Crippen molar-refractivity contribution < 1.29 is 4.52 Å². The lowest BCUT2D eigenvalue weighted by molar-refractivity contribution is 0.364. The summed E-state index contributed by atoms with van der Waals surface area (Å²) in [5.74, 6) is 2.57. The summed E-state index contributed by atoms with van der Waals surface area (Å²) < 4.78 is 8.58. The van der Waals surface area contributed by atoms with Crippen molar-refractivity contribution in [3.8, 4) is 0 Å². The fourth-order valence-electron chi connectivity index (χ4n) is 4.50. The van der Waals surface area contributed by atoms with Gasteiger partial charge in [0, 0.05) is 13.0 Å². The molecule has 0 N–H and O–H groups in total. The summed E-state index contributed by atoms with van der Waals surface area (Å²) in [6.07, 6.45) is 4.14. The van der Waals surface area contributed by atoms with Crippen LogP contribution in [0.3, 0.4) is 0 Å². The van der Waals surface area contributed by atoms with E-state index in [4.69, 9.17) is 4.52 Å². The monoisotopic (exact) mass is 360 g/mol. The summed E-state index contributed by atoms with van der Waals surface area (Å²) in [6.45, 7) is 0.207. The molecular formula is C19H16N6O2. The standard InChI is InChI=1S/C19H16N6O2/c1-24-8-20-18-16(24)19(26)25(9-21-18)7-13-22-17(23-27-13)15-12-6-10-4-2-3-5-11(10)14(12)15/h2-5,8-9,12,14-15H,6-7H2,1H3/t12?,14-,15-/m1/s1. The molecule has 3 aromatic heterocycles. The molecule has 3 heterocycles. The van der Waals surface area contributed by atoms with Gasteiger partial charge in [-0.25, -0.2) is 9.97 Å². The van der Waals surface area contributed by atoms with Crippen molar-refractivity contribution in [3.05, 3.63) is 70.1 Å². The molecule has 1 fully saturated rings. The first-order chi connectivity index (χ1) is 13.2. The fourth-order valence-corrected chi connectivity index (χ4v) is 4.50. The number of aryl methyl sites for hydroxylation is 1. The third-order valence-electron chi connectivity index (χ3n) is 5.83. The molecular weight excluding hydrogens is 344 g/mol. The lowest BCUT2D eigenvalue weighted by Crippen LogP contribution is -2.22. The van der Waals surface area contributed by atoms with Crippen molar-refractivity contribution in [1.82, 2.24) is 29.2 Å². The van der Waals surface area contributed by atoms with Gasteiger partial charge in [-0.15, -0.1) is 0 Å². The minimum Gasteiger partial charge on any atom is -0.337 e. The zero-order valence-corrected chi connectivity index (χ0v) is 14.6. The molecule has 0 amide bonds. The average molecular weight is 360 g/mol. The summed E-state index contributed by atoms with van der Waals surface area (Å²) in [4.78, 5) is 25.5. The van der Waals surface area contributed by atoms with Crippen LogP contribution in [0.1, 0.15) is 34.7 Å². The Labute approximate surface area is 153 Å². The van der Waals surface area contributed by atoms with E-state index in [0.29, 0.717) is 34.8 Å². The Morgan fingerprint density at radius 3 is 2.96 bits per heavy atom. The maximum Gasteiger partial charge on any atom is 0.280 e. The van der Waals surface area contributed by atoms with Gasteiger partial charge in [-0.05, 0) is 29.4 Å². The molecule has 8 heteroatoms. The predicted molar refractivity (Wildman–Crippen MR) is 95.3 cm³/mol. The molecule has 4 aromatic rings. The molecule has 2 aliphatic carbocycles. The van der Waals surface area contributed by atoms with E-state index >= 15 is 0 Å². The molecule has 0 spiro atoms. The van der Waals surface area contributed by atoms with Crippen LogP contribution in [0.2, 0.25) is 0 Å². The minimum absolute atomic E-state index is 0.169. The first kappa shape index (κ1) is 14.8. The van der Waals surface area contributed by atoms with Gasteiger partial charge in [0.1, 0.15) is 12.9 Å². The molecule has 1 unspecified atom stereocenters. The lowest BCUT2D eigenvalue weighted by Gasteiger charge is -2.04. The van der Waals surface area contributed by atoms with Crippen LogP contribution in [0.4, 0.5) is 0 Å². The van der Waals surface area contributed by atoms with Gasteiger partial charge in [0.15, 0.2) is 17.0 Å². The van der Waals surface area contributed by atoms with Crippen LogP contribution in [0.5, 0.6) is 0 Å². The predicted octanol–water partition coefficient (Wildman–Crippen LogP) is 1.61. The number of rotatable bonds is 3. The van der Waals surface area contributed by atoms with Crippen LogP contribution in [-0.4, -0.2) is 29.2 Å². The van der Waals surface area contributed by atoms with Crippen molar-refractivity contribution in [2.75, 3.05) is 0 Å². The minimum atomic E-state index is -0.169. The molecule has 8 nitrogen and oxygen atoms in total. The summed E-state index contributed by atoms with van der Waals surface area (Å²) in [6, 6.07) is 8.59. The van der Waals surface area contributed by atoms with E-state index in [0.717, 1.165) is 12.2 Å². The average Bonchev–Trinajstić information content (AvgIpc) is 3.03. The van der Waals surface area contributed by atoms with Gasteiger partial charge < -0.3 is 9.09 Å². The van der Waals surface area contributed by atoms with E-state index in [9.17, 15) is 4.79 Å². The summed E-state index contributed by atoms with van der Waals surface area (Å²) >= 11 is 0. The lowest BCUT2D eigenvalue weighted by atomic mass is 10.0. The summed E-state index contributed by atoms with van der Waals surface area (Å²) in [5.41, 5.74) is 3.59. The third kappa shape index (κ3) is 2.06. The molecule has 1 aromatic carbocycles. The van der Waals surface area contributed by atoms with Gasteiger partial charge in [0.05, 0.1) is 6.33 Å². The van der Waals surface area contributed by atoms with E-state index in [1.807, 2.05) is 0 Å². The Bertz CT molecular complexity index is 1250. The van der Waals surface area contributed by atoms with Crippen molar-refractivity contribution >= 4 is 11.2 Å². The first-order valence-electron chi connectivity index (χ1n) is 8.97. The third-order valence-corrected chi connectivity index (χ3v) is 5.83. The van der Waals surface area contributed by atoms with Crippen LogP contribution in [0.15, 0.2) is 46.2 Å². The van der Waals surface area contributed by atoms with Gasteiger partial charge in [-0.1, -0.05) is 29.4 Å². The maximum atomic E-state index is 12.6. The van der Waals surface area contributed by atoms with Gasteiger partial charge in [0.25, 0.3) is 5.56 Å². The van der Waals surface area contributed by atoms with Gasteiger partial charge >= 0.3 is 0 Å². The molecule has 0 aliphatic heterocycles. The number of hydrogen-bond donors (Lipinski definition) is 0. The molecule has 0 saturated heterocycles. The van der Waals surface area contributed by atoms with Crippen molar-refractivity contribution in [1.29, 1.82) is 0 Å². The molecule has 3 atom stereocenters. The zero-order valence-electron chi connectivity index (χ0n) is 14.6. The smallest absolute Gasteiger partial charge is 0.280 e. The van der Waals surface area contributed by atoms with Gasteiger partial charge in [0.2, 0.25) is 5.89 Å². The van der Waals surface area contributed by atoms with Crippen molar-refractivity contribution in [2.24, 2.45) is 13.0 Å². The molecule has 6 rings (SSSR count). The molecule has 134 valence electrons. The zero-order chi connectivity index (χ0) is 18.1. The topological polar surface area (TPSA) is 91.6 Å². The van der Waals surface area contributed by atoms with Crippen LogP contribution >= 0.6 is 0 Å². The van der Waals surface area contributed by atoms with Crippen molar-refractivity contribution in [3.63, 3.8) is 0 Å². The van der Waals surface area contributed by atoms with E-state index in [1.54, 1.807) is 17.9 Å². The summed E-state index contributed by atoms with van der Waals surface area (Å²) in [7, 11) is 1.78. The molecule has 27 heavy (non-hydrogen) atoms. The summed E-state index contributed by atoms with van der Waals surface area (Å²) in [5, 5.41) is 4.19. The maximum absolute atomic E-state index is 12.6. The van der Waals surface area contributed by atoms with E-state index < -0.39 is 0 Å². The van der Waals surface area contributed by atoms with Gasteiger partial charge in [-0.2, -0.15) is 4.98 Å². The molecule has 2 aliphatic rings. The first-order valence-corrected chi connectivity index (χ1v) is 8.97. The Morgan fingerprint density at radius 2 is 2.04 bits per heavy atom.